The van der Waals surface area contributed by atoms with E-state index >= 15 is 0 Å². The zero-order valence-corrected chi connectivity index (χ0v) is 15.1. The lowest BCUT2D eigenvalue weighted by atomic mass is 10.1. The summed E-state index contributed by atoms with van der Waals surface area (Å²) >= 11 is 0. The highest BCUT2D eigenvalue weighted by molar-refractivity contribution is 5.79. The number of aromatic nitrogens is 2. The third-order valence-corrected chi connectivity index (χ3v) is 4.02. The van der Waals surface area contributed by atoms with Gasteiger partial charge in [-0.2, -0.15) is 18.3 Å². The van der Waals surface area contributed by atoms with Gasteiger partial charge in [0.25, 0.3) is 0 Å². The summed E-state index contributed by atoms with van der Waals surface area (Å²) in [7, 11) is 1.55. The van der Waals surface area contributed by atoms with Crippen molar-refractivity contribution in [1.82, 2.24) is 15.1 Å². The molecule has 5 nitrogen and oxygen atoms in total. The van der Waals surface area contributed by atoms with E-state index in [-0.39, 0.29) is 18.4 Å². The Morgan fingerprint density at radius 1 is 1.35 bits per heavy atom. The molecule has 0 aliphatic rings. The second-order valence-electron chi connectivity index (χ2n) is 6.21. The van der Waals surface area contributed by atoms with Crippen LogP contribution >= 0.6 is 0 Å². The maximum Gasteiger partial charge on any atom is 0.416 e. The number of carbonyl (C=O) groups is 1. The van der Waals surface area contributed by atoms with E-state index in [9.17, 15) is 18.0 Å². The number of nitrogens with zero attached hydrogens (tertiary/aromatic N) is 2. The molecule has 1 aromatic heterocycles. The average molecular weight is 369 g/mol. The summed E-state index contributed by atoms with van der Waals surface area (Å²) in [6.45, 7) is 5.69. The second kappa shape index (κ2) is 7.90. The fourth-order valence-electron chi connectivity index (χ4n) is 2.77. The van der Waals surface area contributed by atoms with Crippen molar-refractivity contribution in [1.29, 1.82) is 0 Å². The van der Waals surface area contributed by atoms with E-state index in [0.717, 1.165) is 12.1 Å². The smallest absolute Gasteiger partial charge is 0.383 e. The highest BCUT2D eigenvalue weighted by Crippen LogP contribution is 2.30. The molecule has 0 bridgehead atoms. The Bertz CT molecular complexity index is 784. The Morgan fingerprint density at radius 2 is 2.04 bits per heavy atom. The van der Waals surface area contributed by atoms with Crippen LogP contribution in [-0.2, 0) is 22.1 Å². The van der Waals surface area contributed by atoms with E-state index < -0.39 is 11.7 Å². The maximum absolute atomic E-state index is 12.9. The van der Waals surface area contributed by atoms with Gasteiger partial charge in [0.1, 0.15) is 0 Å². The number of amides is 1. The summed E-state index contributed by atoms with van der Waals surface area (Å²) in [5.74, 6) is -0.190. The van der Waals surface area contributed by atoms with Gasteiger partial charge in [-0.3, -0.25) is 4.79 Å². The first-order valence-electron chi connectivity index (χ1n) is 8.14. The normalized spacial score (nSPS) is 12.9. The summed E-state index contributed by atoms with van der Waals surface area (Å²) in [5.41, 5.74) is 1.51. The van der Waals surface area contributed by atoms with Gasteiger partial charge in [0, 0.05) is 24.4 Å². The van der Waals surface area contributed by atoms with E-state index in [2.05, 4.69) is 10.4 Å². The van der Waals surface area contributed by atoms with Crippen LogP contribution in [-0.4, -0.2) is 35.4 Å². The molecule has 8 heteroatoms. The Morgan fingerprint density at radius 3 is 2.65 bits per heavy atom. The van der Waals surface area contributed by atoms with Crippen molar-refractivity contribution >= 4 is 5.91 Å². The second-order valence-corrected chi connectivity index (χ2v) is 6.21. The van der Waals surface area contributed by atoms with Crippen molar-refractivity contribution in [2.45, 2.75) is 39.4 Å². The maximum atomic E-state index is 12.9. The van der Waals surface area contributed by atoms with E-state index in [0.29, 0.717) is 29.2 Å². The summed E-state index contributed by atoms with van der Waals surface area (Å²) in [5, 5.41) is 7.13. The summed E-state index contributed by atoms with van der Waals surface area (Å²) in [6.07, 6.45) is -4.32. The lowest BCUT2D eigenvalue weighted by Crippen LogP contribution is -2.36. The van der Waals surface area contributed by atoms with Gasteiger partial charge in [-0.05, 0) is 39.0 Å². The van der Waals surface area contributed by atoms with Crippen molar-refractivity contribution in [3.8, 4) is 5.69 Å². The van der Waals surface area contributed by atoms with Gasteiger partial charge in [0.05, 0.1) is 30.0 Å². The lowest BCUT2D eigenvalue weighted by Gasteiger charge is -2.13. The Kier molecular flexibility index (Phi) is 6.07. The van der Waals surface area contributed by atoms with Gasteiger partial charge in [0.2, 0.25) is 5.91 Å². The molecule has 0 saturated carbocycles. The summed E-state index contributed by atoms with van der Waals surface area (Å²) in [6, 6.07) is 4.82. The van der Waals surface area contributed by atoms with Crippen LogP contribution in [0.1, 0.15) is 29.4 Å². The highest BCUT2D eigenvalue weighted by Gasteiger charge is 2.30. The number of alkyl halides is 3. The Balaban J connectivity index is 2.27. The number of aryl methyl sites for hydroxylation is 1. The third-order valence-electron chi connectivity index (χ3n) is 4.02. The van der Waals surface area contributed by atoms with Gasteiger partial charge < -0.3 is 10.1 Å². The first-order valence-corrected chi connectivity index (χ1v) is 8.14. The van der Waals surface area contributed by atoms with Crippen LogP contribution in [0.15, 0.2) is 24.3 Å². The molecule has 1 atom stereocenters. The van der Waals surface area contributed by atoms with Crippen molar-refractivity contribution in [2.75, 3.05) is 13.7 Å². The molecule has 0 radical (unpaired) electrons. The summed E-state index contributed by atoms with van der Waals surface area (Å²) in [4.78, 5) is 12.2. The molecule has 0 saturated heterocycles. The monoisotopic (exact) mass is 369 g/mol. The minimum Gasteiger partial charge on any atom is -0.383 e. The molecule has 0 fully saturated rings. The molecular weight excluding hydrogens is 347 g/mol. The number of rotatable bonds is 6. The number of methoxy groups -OCH3 is 1. The number of halogens is 3. The zero-order chi connectivity index (χ0) is 19.5. The molecule has 0 spiro atoms. The van der Waals surface area contributed by atoms with Crippen molar-refractivity contribution < 1.29 is 22.7 Å². The van der Waals surface area contributed by atoms with Gasteiger partial charge in [-0.15, -0.1) is 0 Å². The van der Waals surface area contributed by atoms with Crippen molar-refractivity contribution in [3.05, 3.63) is 46.8 Å². The SMILES string of the molecule is COC[C@@H](C)NC(=O)Cc1c(C)nn(-c2cccc(C(F)(F)F)c2)c1C. The molecule has 1 amide bonds. The van der Waals surface area contributed by atoms with E-state index in [4.69, 9.17) is 4.74 Å². The van der Waals surface area contributed by atoms with Crippen LogP contribution in [0.4, 0.5) is 13.2 Å². The largest absolute Gasteiger partial charge is 0.416 e. The molecule has 26 heavy (non-hydrogen) atoms. The van der Waals surface area contributed by atoms with Gasteiger partial charge in [0.15, 0.2) is 0 Å². The molecule has 0 unspecified atom stereocenters. The fourth-order valence-corrected chi connectivity index (χ4v) is 2.77. The van der Waals surface area contributed by atoms with Crippen LogP contribution in [0.2, 0.25) is 0 Å². The Hall–Kier alpha value is -2.35. The molecule has 2 aromatic rings. The van der Waals surface area contributed by atoms with Gasteiger partial charge >= 0.3 is 6.18 Å². The number of hydrogen-bond donors (Lipinski definition) is 1. The first kappa shape index (κ1) is 20.0. The first-order chi connectivity index (χ1) is 12.1. The standard InChI is InChI=1S/C18H22F3N3O2/c1-11(10-26-4)22-17(25)9-16-12(2)23-24(13(16)3)15-7-5-6-14(8-15)18(19,20)21/h5-8,11H,9-10H2,1-4H3,(H,22,25)/t11-/m1/s1. The van der Waals surface area contributed by atoms with E-state index in [1.54, 1.807) is 27.0 Å². The predicted octanol–water partition coefficient (Wildman–Crippen LogP) is 3.20. The summed E-state index contributed by atoms with van der Waals surface area (Å²) < 4.78 is 45.2. The van der Waals surface area contributed by atoms with Crippen molar-refractivity contribution in [2.24, 2.45) is 0 Å². The number of ether oxygens (including phenoxy) is 1. The van der Waals surface area contributed by atoms with Crippen LogP contribution in [0, 0.1) is 13.8 Å². The highest BCUT2D eigenvalue weighted by atomic mass is 19.4. The van der Waals surface area contributed by atoms with Crippen LogP contribution < -0.4 is 5.32 Å². The fraction of sp³-hybridized carbons (Fsp3) is 0.444. The predicted molar refractivity (Wildman–Crippen MR) is 91.2 cm³/mol. The number of nitrogens with one attached hydrogen (secondary N) is 1. The molecule has 1 aromatic carbocycles. The molecular formula is C18H22F3N3O2. The molecule has 1 N–H and O–H groups in total. The van der Waals surface area contributed by atoms with E-state index in [1.165, 1.54) is 10.7 Å². The van der Waals surface area contributed by atoms with Crippen LogP contribution in [0.5, 0.6) is 0 Å². The molecule has 0 aliphatic carbocycles. The number of benzene rings is 1. The quantitative estimate of drug-likeness (QED) is 0.851. The van der Waals surface area contributed by atoms with E-state index in [1.807, 2.05) is 6.92 Å². The lowest BCUT2D eigenvalue weighted by molar-refractivity contribution is -0.137. The van der Waals surface area contributed by atoms with Crippen LogP contribution in [0.25, 0.3) is 5.69 Å². The Labute approximate surface area is 150 Å². The molecule has 2 rings (SSSR count). The van der Waals surface area contributed by atoms with Crippen LogP contribution in [0.3, 0.4) is 0 Å². The third kappa shape index (κ3) is 4.63. The van der Waals surface area contributed by atoms with Gasteiger partial charge in [-0.25, -0.2) is 4.68 Å². The minimum absolute atomic E-state index is 0.102. The van der Waals surface area contributed by atoms with Gasteiger partial charge in [-0.1, -0.05) is 6.07 Å². The average Bonchev–Trinajstić information content (AvgIpc) is 2.82. The number of carbonyl (C=O) groups excluding carboxylic acids is 1. The minimum atomic E-state index is -4.42. The zero-order valence-electron chi connectivity index (χ0n) is 15.1. The topological polar surface area (TPSA) is 56.1 Å². The molecule has 0 aliphatic heterocycles. The molecule has 142 valence electrons. The number of hydrogen-bond acceptors (Lipinski definition) is 3. The molecule has 1 heterocycles. The van der Waals surface area contributed by atoms with Crippen molar-refractivity contribution in [3.63, 3.8) is 0 Å².